The van der Waals surface area contributed by atoms with Crippen LogP contribution in [0.5, 0.6) is 5.75 Å². The lowest BCUT2D eigenvalue weighted by Gasteiger charge is -2.08. The summed E-state index contributed by atoms with van der Waals surface area (Å²) in [6, 6.07) is 11.4. The van der Waals surface area contributed by atoms with Gasteiger partial charge >= 0.3 is 0 Å². The largest absolute Gasteiger partial charge is 0.495 e. The molecule has 1 amide bonds. The second kappa shape index (κ2) is 7.39. The molecule has 0 saturated carbocycles. The molecule has 0 aliphatic rings. The van der Waals surface area contributed by atoms with E-state index in [2.05, 4.69) is 15.3 Å². The van der Waals surface area contributed by atoms with Crippen LogP contribution in [0.15, 0.2) is 54.7 Å². The minimum absolute atomic E-state index is 0.148. The van der Waals surface area contributed by atoms with E-state index in [0.717, 1.165) is 11.0 Å². The number of fused-ring (bicyclic) bond motifs is 1. The quantitative estimate of drug-likeness (QED) is 0.430. The summed E-state index contributed by atoms with van der Waals surface area (Å²) < 4.78 is 5.11. The zero-order chi connectivity index (χ0) is 18.5. The number of carbonyl (C=O) groups excluding carboxylic acids is 1. The van der Waals surface area contributed by atoms with Crippen molar-refractivity contribution in [2.75, 3.05) is 12.4 Å². The highest BCUT2D eigenvalue weighted by Crippen LogP contribution is 2.28. The van der Waals surface area contributed by atoms with E-state index in [1.165, 1.54) is 37.5 Å². The SMILES string of the molecule is COc1ccc([N+](=O)[O-])cc1NC(=O)/C=C/c1cnc2ccccc2n1. The molecule has 8 heteroatoms. The first kappa shape index (κ1) is 17.0. The molecule has 0 aliphatic carbocycles. The van der Waals surface area contributed by atoms with Crippen LogP contribution in [0.2, 0.25) is 0 Å². The molecule has 2 aromatic carbocycles. The van der Waals surface area contributed by atoms with Crippen molar-refractivity contribution in [3.63, 3.8) is 0 Å². The molecule has 130 valence electrons. The maximum absolute atomic E-state index is 12.1. The van der Waals surface area contributed by atoms with Crippen LogP contribution in [0.1, 0.15) is 5.69 Å². The van der Waals surface area contributed by atoms with Crippen molar-refractivity contribution in [1.29, 1.82) is 0 Å². The van der Waals surface area contributed by atoms with Crippen LogP contribution in [-0.2, 0) is 4.79 Å². The molecule has 0 saturated heterocycles. The number of ether oxygens (including phenoxy) is 1. The van der Waals surface area contributed by atoms with Crippen molar-refractivity contribution < 1.29 is 14.5 Å². The third-order valence-corrected chi connectivity index (χ3v) is 3.52. The van der Waals surface area contributed by atoms with E-state index in [1.54, 1.807) is 6.20 Å². The van der Waals surface area contributed by atoms with Crippen molar-refractivity contribution in [1.82, 2.24) is 9.97 Å². The summed E-state index contributed by atoms with van der Waals surface area (Å²) in [5.74, 6) is -0.151. The van der Waals surface area contributed by atoms with Gasteiger partial charge in [-0.1, -0.05) is 12.1 Å². The van der Waals surface area contributed by atoms with Gasteiger partial charge in [0.1, 0.15) is 5.75 Å². The Kier molecular flexibility index (Phi) is 4.84. The molecule has 0 unspecified atom stereocenters. The number of methoxy groups -OCH3 is 1. The molecule has 0 fully saturated rings. The Balaban J connectivity index is 1.78. The van der Waals surface area contributed by atoms with Crippen LogP contribution < -0.4 is 10.1 Å². The molecule has 0 radical (unpaired) electrons. The highest BCUT2D eigenvalue weighted by Gasteiger charge is 2.12. The summed E-state index contributed by atoms with van der Waals surface area (Å²) in [5, 5.41) is 13.4. The molecule has 1 heterocycles. The van der Waals surface area contributed by atoms with Crippen molar-refractivity contribution in [3.05, 3.63) is 70.5 Å². The lowest BCUT2D eigenvalue weighted by atomic mass is 10.2. The summed E-state index contributed by atoms with van der Waals surface area (Å²) in [4.78, 5) is 31.1. The van der Waals surface area contributed by atoms with E-state index in [-0.39, 0.29) is 11.4 Å². The smallest absolute Gasteiger partial charge is 0.271 e. The van der Waals surface area contributed by atoms with E-state index in [4.69, 9.17) is 4.74 Å². The van der Waals surface area contributed by atoms with Gasteiger partial charge in [-0.05, 0) is 24.3 Å². The predicted octanol–water partition coefficient (Wildman–Crippen LogP) is 3.20. The zero-order valence-electron chi connectivity index (χ0n) is 13.7. The number of nitrogens with zero attached hydrogens (tertiary/aromatic N) is 3. The number of aromatic nitrogens is 2. The van der Waals surface area contributed by atoms with E-state index >= 15 is 0 Å². The highest BCUT2D eigenvalue weighted by molar-refractivity contribution is 6.02. The number of para-hydroxylation sites is 2. The van der Waals surface area contributed by atoms with Gasteiger partial charge in [0.2, 0.25) is 5.91 Å². The first-order chi connectivity index (χ1) is 12.6. The number of anilines is 1. The summed E-state index contributed by atoms with van der Waals surface area (Å²) >= 11 is 0. The van der Waals surface area contributed by atoms with Gasteiger partial charge in [0.05, 0.1) is 40.6 Å². The molecule has 8 nitrogen and oxygen atoms in total. The van der Waals surface area contributed by atoms with Crippen LogP contribution in [0.25, 0.3) is 17.1 Å². The molecular weight excluding hydrogens is 336 g/mol. The van der Waals surface area contributed by atoms with Gasteiger partial charge in [0, 0.05) is 18.2 Å². The monoisotopic (exact) mass is 350 g/mol. The minimum Gasteiger partial charge on any atom is -0.495 e. The first-order valence-electron chi connectivity index (χ1n) is 7.60. The van der Waals surface area contributed by atoms with Gasteiger partial charge in [0.15, 0.2) is 0 Å². The summed E-state index contributed by atoms with van der Waals surface area (Å²) in [5.41, 5.74) is 2.06. The average molecular weight is 350 g/mol. The maximum atomic E-state index is 12.1. The number of nitrogens with one attached hydrogen (secondary N) is 1. The van der Waals surface area contributed by atoms with E-state index in [0.29, 0.717) is 11.4 Å². The van der Waals surface area contributed by atoms with Gasteiger partial charge in [-0.2, -0.15) is 0 Å². The molecule has 3 rings (SSSR count). The van der Waals surface area contributed by atoms with Crippen LogP contribution in [0.4, 0.5) is 11.4 Å². The van der Waals surface area contributed by atoms with Crippen molar-refractivity contribution in [3.8, 4) is 5.75 Å². The van der Waals surface area contributed by atoms with E-state index in [9.17, 15) is 14.9 Å². The third kappa shape index (κ3) is 3.81. The van der Waals surface area contributed by atoms with Gasteiger partial charge in [-0.3, -0.25) is 19.9 Å². The molecule has 1 N–H and O–H groups in total. The van der Waals surface area contributed by atoms with Gasteiger partial charge in [0.25, 0.3) is 5.69 Å². The lowest BCUT2D eigenvalue weighted by Crippen LogP contribution is -2.09. The zero-order valence-corrected chi connectivity index (χ0v) is 13.7. The molecule has 0 atom stereocenters. The lowest BCUT2D eigenvalue weighted by molar-refractivity contribution is -0.384. The third-order valence-electron chi connectivity index (χ3n) is 3.52. The number of benzene rings is 2. The molecule has 26 heavy (non-hydrogen) atoms. The number of nitro groups is 1. The molecule has 0 bridgehead atoms. The minimum atomic E-state index is -0.546. The molecule has 0 aliphatic heterocycles. The van der Waals surface area contributed by atoms with E-state index in [1.807, 2.05) is 24.3 Å². The Bertz CT molecular complexity index is 1020. The summed E-state index contributed by atoms with van der Waals surface area (Å²) in [6.07, 6.45) is 4.34. The highest BCUT2D eigenvalue weighted by atomic mass is 16.6. The number of hydrogen-bond acceptors (Lipinski definition) is 6. The van der Waals surface area contributed by atoms with Crippen LogP contribution >= 0.6 is 0 Å². The fourth-order valence-electron chi connectivity index (χ4n) is 2.29. The van der Waals surface area contributed by atoms with Gasteiger partial charge in [-0.25, -0.2) is 4.98 Å². The maximum Gasteiger partial charge on any atom is 0.271 e. The first-order valence-corrected chi connectivity index (χ1v) is 7.60. The summed E-state index contributed by atoms with van der Waals surface area (Å²) in [6.45, 7) is 0. The van der Waals surface area contributed by atoms with Crippen LogP contribution in [0.3, 0.4) is 0 Å². The Morgan fingerprint density at radius 2 is 2.00 bits per heavy atom. The average Bonchev–Trinajstić information content (AvgIpc) is 2.66. The number of rotatable bonds is 5. The standard InChI is InChI=1S/C18H14N4O4/c1-26-17-8-7-13(22(24)25)10-16(17)21-18(23)9-6-12-11-19-14-4-2-3-5-15(14)20-12/h2-11H,1H3,(H,21,23)/b9-6+. The Hall–Kier alpha value is -3.81. The fourth-order valence-corrected chi connectivity index (χ4v) is 2.29. The number of non-ortho nitro benzene ring substituents is 1. The number of carbonyl (C=O) groups is 1. The predicted molar refractivity (Wildman–Crippen MR) is 96.9 cm³/mol. The van der Waals surface area contributed by atoms with Crippen molar-refractivity contribution in [2.24, 2.45) is 0 Å². The molecule has 1 aromatic heterocycles. The van der Waals surface area contributed by atoms with E-state index < -0.39 is 10.8 Å². The Morgan fingerprint density at radius 3 is 2.73 bits per heavy atom. The fraction of sp³-hybridized carbons (Fsp3) is 0.0556. The second-order valence-electron chi connectivity index (χ2n) is 5.25. The number of nitro benzene ring substituents is 1. The second-order valence-corrected chi connectivity index (χ2v) is 5.25. The molecule has 0 spiro atoms. The molecule has 3 aromatic rings. The molecular formula is C18H14N4O4. The van der Waals surface area contributed by atoms with Gasteiger partial charge < -0.3 is 10.1 Å². The number of amides is 1. The van der Waals surface area contributed by atoms with Crippen LogP contribution in [-0.4, -0.2) is 27.9 Å². The number of hydrogen-bond donors (Lipinski definition) is 1. The topological polar surface area (TPSA) is 107 Å². The van der Waals surface area contributed by atoms with Crippen LogP contribution in [0, 0.1) is 10.1 Å². The summed E-state index contributed by atoms with van der Waals surface area (Å²) in [7, 11) is 1.41. The van der Waals surface area contributed by atoms with Gasteiger partial charge in [-0.15, -0.1) is 0 Å². The van der Waals surface area contributed by atoms with Crippen molar-refractivity contribution >= 4 is 34.4 Å². The normalized spacial score (nSPS) is 10.8. The Morgan fingerprint density at radius 1 is 1.23 bits per heavy atom. The Labute approximate surface area is 148 Å². The van der Waals surface area contributed by atoms with Crippen molar-refractivity contribution in [2.45, 2.75) is 0 Å².